The summed E-state index contributed by atoms with van der Waals surface area (Å²) in [5, 5.41) is 2.72. The molecule has 1 saturated heterocycles. The first-order valence-electron chi connectivity index (χ1n) is 7.43. The molecule has 0 radical (unpaired) electrons. The van der Waals surface area contributed by atoms with Crippen LogP contribution in [0.3, 0.4) is 0 Å². The Balaban J connectivity index is 1.97. The maximum Gasteiger partial charge on any atom is 0.249 e. The molecule has 1 atom stereocenters. The highest BCUT2D eigenvalue weighted by atomic mass is 32.2. The van der Waals surface area contributed by atoms with Crippen LogP contribution in [-0.2, 0) is 19.6 Å². The second-order valence-electron chi connectivity index (χ2n) is 5.33. The van der Waals surface area contributed by atoms with E-state index in [9.17, 15) is 13.2 Å². The van der Waals surface area contributed by atoms with Gasteiger partial charge in [-0.25, -0.2) is 8.42 Å². The summed E-state index contributed by atoms with van der Waals surface area (Å²) >= 11 is 0. The number of hydrogen-bond donors (Lipinski definition) is 1. The van der Waals surface area contributed by atoms with Crippen molar-refractivity contribution in [2.45, 2.75) is 18.9 Å². The maximum atomic E-state index is 12.0. The molecule has 0 saturated carbocycles. The van der Waals surface area contributed by atoms with Gasteiger partial charge < -0.3 is 14.8 Å². The quantitative estimate of drug-likeness (QED) is 0.791. The SMILES string of the molecule is COc1ccc(N(CCNC(=O)C2CCCO2)S(C)(=O)=O)cc1. The molecule has 0 aliphatic carbocycles. The average molecular weight is 342 g/mol. The number of methoxy groups -OCH3 is 1. The third-order valence-corrected chi connectivity index (χ3v) is 4.79. The zero-order chi connectivity index (χ0) is 16.9. The average Bonchev–Trinajstić information content (AvgIpc) is 3.05. The molecule has 1 aromatic rings. The summed E-state index contributed by atoms with van der Waals surface area (Å²) < 4.78 is 35.6. The number of nitrogens with one attached hydrogen (secondary N) is 1. The molecule has 1 N–H and O–H groups in total. The molecule has 1 aliphatic rings. The molecule has 23 heavy (non-hydrogen) atoms. The Morgan fingerprint density at radius 3 is 2.61 bits per heavy atom. The summed E-state index contributed by atoms with van der Waals surface area (Å²) in [6.07, 6.45) is 2.31. The normalized spacial score (nSPS) is 17.7. The first kappa shape index (κ1) is 17.6. The van der Waals surface area contributed by atoms with Crippen LogP contribution in [0.15, 0.2) is 24.3 Å². The molecule has 128 valence electrons. The smallest absolute Gasteiger partial charge is 0.249 e. The van der Waals surface area contributed by atoms with Crippen LogP contribution in [0.5, 0.6) is 5.75 Å². The van der Waals surface area contributed by atoms with Crippen molar-refractivity contribution in [2.24, 2.45) is 0 Å². The highest BCUT2D eigenvalue weighted by Gasteiger charge is 2.24. The number of rotatable bonds is 7. The number of sulfonamides is 1. The van der Waals surface area contributed by atoms with E-state index in [1.165, 1.54) is 4.31 Å². The number of nitrogens with zero attached hydrogens (tertiary/aromatic N) is 1. The minimum absolute atomic E-state index is 0.156. The lowest BCUT2D eigenvalue weighted by molar-refractivity contribution is -0.129. The van der Waals surface area contributed by atoms with E-state index in [2.05, 4.69) is 5.32 Å². The van der Waals surface area contributed by atoms with Gasteiger partial charge in [-0.05, 0) is 37.1 Å². The van der Waals surface area contributed by atoms with Crippen molar-refractivity contribution in [3.05, 3.63) is 24.3 Å². The summed E-state index contributed by atoms with van der Waals surface area (Å²) in [6.45, 7) is 0.973. The largest absolute Gasteiger partial charge is 0.497 e. The fourth-order valence-corrected chi connectivity index (χ4v) is 3.34. The third kappa shape index (κ3) is 4.84. The molecular formula is C15H22N2O5S. The van der Waals surface area contributed by atoms with Crippen LogP contribution in [0.1, 0.15) is 12.8 Å². The summed E-state index contributed by atoms with van der Waals surface area (Å²) in [6, 6.07) is 6.72. The lowest BCUT2D eigenvalue weighted by Gasteiger charge is -2.23. The van der Waals surface area contributed by atoms with Crippen LogP contribution >= 0.6 is 0 Å². The number of benzene rings is 1. The Morgan fingerprint density at radius 2 is 2.09 bits per heavy atom. The van der Waals surface area contributed by atoms with Gasteiger partial charge in [0, 0.05) is 13.2 Å². The Bertz CT molecular complexity index is 624. The minimum Gasteiger partial charge on any atom is -0.497 e. The van der Waals surface area contributed by atoms with Gasteiger partial charge in [0.05, 0.1) is 25.6 Å². The van der Waals surface area contributed by atoms with E-state index in [4.69, 9.17) is 9.47 Å². The molecule has 1 unspecified atom stereocenters. The van der Waals surface area contributed by atoms with Gasteiger partial charge in [-0.1, -0.05) is 0 Å². The summed E-state index contributed by atoms with van der Waals surface area (Å²) in [5.41, 5.74) is 0.527. The molecule has 8 heteroatoms. The molecule has 1 amide bonds. The van der Waals surface area contributed by atoms with Crippen molar-refractivity contribution < 1.29 is 22.7 Å². The van der Waals surface area contributed by atoms with E-state index in [1.807, 2.05) is 0 Å². The summed E-state index contributed by atoms with van der Waals surface area (Å²) in [5.74, 6) is 0.458. The van der Waals surface area contributed by atoms with Gasteiger partial charge in [-0.3, -0.25) is 9.10 Å². The van der Waals surface area contributed by atoms with Crippen LogP contribution in [0, 0.1) is 0 Å². The van der Waals surface area contributed by atoms with Gasteiger partial charge in [0.1, 0.15) is 11.9 Å². The van der Waals surface area contributed by atoms with Crippen molar-refractivity contribution in [1.29, 1.82) is 0 Å². The zero-order valence-corrected chi connectivity index (χ0v) is 14.1. The van der Waals surface area contributed by atoms with Crippen molar-refractivity contribution in [3.8, 4) is 5.75 Å². The number of amides is 1. The van der Waals surface area contributed by atoms with Gasteiger partial charge in [0.25, 0.3) is 0 Å². The van der Waals surface area contributed by atoms with E-state index in [1.54, 1.807) is 31.4 Å². The number of hydrogen-bond acceptors (Lipinski definition) is 5. The van der Waals surface area contributed by atoms with Crippen LogP contribution in [0.2, 0.25) is 0 Å². The number of ether oxygens (including phenoxy) is 2. The van der Waals surface area contributed by atoms with Crippen LogP contribution in [-0.4, -0.2) is 53.5 Å². The van der Waals surface area contributed by atoms with Gasteiger partial charge >= 0.3 is 0 Å². The van der Waals surface area contributed by atoms with Crippen LogP contribution in [0.25, 0.3) is 0 Å². The van der Waals surface area contributed by atoms with Crippen LogP contribution < -0.4 is 14.4 Å². The number of anilines is 1. The van der Waals surface area contributed by atoms with Crippen molar-refractivity contribution in [2.75, 3.05) is 37.4 Å². The molecule has 7 nitrogen and oxygen atoms in total. The summed E-state index contributed by atoms with van der Waals surface area (Å²) in [7, 11) is -1.90. The van der Waals surface area contributed by atoms with Crippen molar-refractivity contribution in [3.63, 3.8) is 0 Å². The molecule has 2 rings (SSSR count). The van der Waals surface area contributed by atoms with Gasteiger partial charge in [-0.15, -0.1) is 0 Å². The molecule has 1 aromatic carbocycles. The standard InChI is InChI=1S/C15H22N2O5S/c1-21-13-7-5-12(6-8-13)17(23(2,19)20)10-9-16-15(18)14-4-3-11-22-14/h5-8,14H,3-4,9-11H2,1-2H3,(H,16,18). The molecule has 1 aliphatic heterocycles. The second-order valence-corrected chi connectivity index (χ2v) is 7.23. The molecule has 1 fully saturated rings. The van der Waals surface area contributed by atoms with E-state index < -0.39 is 16.1 Å². The molecule has 0 spiro atoms. The Labute approximate surface area is 136 Å². The van der Waals surface area contributed by atoms with E-state index in [0.29, 0.717) is 24.5 Å². The Kier molecular flexibility index (Phi) is 5.84. The summed E-state index contributed by atoms with van der Waals surface area (Å²) in [4.78, 5) is 11.9. The Morgan fingerprint density at radius 1 is 1.39 bits per heavy atom. The van der Waals surface area contributed by atoms with E-state index >= 15 is 0 Å². The molecule has 0 bridgehead atoms. The fourth-order valence-electron chi connectivity index (χ4n) is 2.41. The fraction of sp³-hybridized carbons (Fsp3) is 0.533. The molecule has 0 aromatic heterocycles. The Hall–Kier alpha value is -1.80. The topological polar surface area (TPSA) is 84.9 Å². The molecule has 1 heterocycles. The highest BCUT2D eigenvalue weighted by molar-refractivity contribution is 7.92. The highest BCUT2D eigenvalue weighted by Crippen LogP contribution is 2.21. The molecular weight excluding hydrogens is 320 g/mol. The van der Waals surface area contributed by atoms with Crippen molar-refractivity contribution >= 4 is 21.6 Å². The first-order chi connectivity index (χ1) is 10.9. The lowest BCUT2D eigenvalue weighted by Crippen LogP contribution is -2.41. The van der Waals surface area contributed by atoms with E-state index in [-0.39, 0.29) is 19.0 Å². The van der Waals surface area contributed by atoms with Gasteiger partial charge in [-0.2, -0.15) is 0 Å². The predicted molar refractivity (Wildman–Crippen MR) is 87.2 cm³/mol. The number of carbonyl (C=O) groups is 1. The second kappa shape index (κ2) is 7.65. The minimum atomic E-state index is -3.44. The third-order valence-electron chi connectivity index (χ3n) is 3.60. The van der Waals surface area contributed by atoms with Crippen molar-refractivity contribution in [1.82, 2.24) is 5.32 Å². The van der Waals surface area contributed by atoms with Gasteiger partial charge in [0.15, 0.2) is 0 Å². The van der Waals surface area contributed by atoms with Gasteiger partial charge in [0.2, 0.25) is 15.9 Å². The monoisotopic (exact) mass is 342 g/mol. The van der Waals surface area contributed by atoms with Crippen LogP contribution in [0.4, 0.5) is 5.69 Å². The maximum absolute atomic E-state index is 12.0. The zero-order valence-electron chi connectivity index (χ0n) is 13.3. The lowest BCUT2D eigenvalue weighted by atomic mass is 10.2. The first-order valence-corrected chi connectivity index (χ1v) is 9.28. The predicted octanol–water partition coefficient (Wildman–Crippen LogP) is 0.756. The number of carbonyl (C=O) groups excluding carboxylic acids is 1. The van der Waals surface area contributed by atoms with E-state index in [0.717, 1.165) is 12.7 Å².